The molecule has 0 bridgehead atoms. The smallest absolute Gasteiger partial charge is 0.185 e. The van der Waals surface area contributed by atoms with Gasteiger partial charge in [-0.15, -0.1) is 0 Å². The van der Waals surface area contributed by atoms with Crippen molar-refractivity contribution in [3.05, 3.63) is 69.7 Å². The van der Waals surface area contributed by atoms with Gasteiger partial charge in [-0.1, -0.05) is 47.5 Å². The molecule has 0 aliphatic carbocycles. The Morgan fingerprint density at radius 3 is 2.53 bits per heavy atom. The molecule has 0 atom stereocenters. The highest BCUT2D eigenvalue weighted by Crippen LogP contribution is 2.23. The number of carbonyl (C=O) groups is 1. The summed E-state index contributed by atoms with van der Waals surface area (Å²) in [5.41, 5.74) is 1.21. The molecule has 0 unspecified atom stereocenters. The van der Waals surface area contributed by atoms with Gasteiger partial charge in [0.1, 0.15) is 5.75 Å². The number of aromatic hydroxyl groups is 1. The van der Waals surface area contributed by atoms with Crippen molar-refractivity contribution in [2.24, 2.45) is 0 Å². The molecule has 2 nitrogen and oxygen atoms in total. The van der Waals surface area contributed by atoms with E-state index in [0.717, 1.165) is 5.56 Å². The Hall–Kier alpha value is -1.77. The molecule has 0 amide bonds. The van der Waals surface area contributed by atoms with E-state index in [4.69, 9.17) is 23.2 Å². The monoisotopic (exact) mass is 292 g/mol. The third kappa shape index (κ3) is 3.60. The van der Waals surface area contributed by atoms with Gasteiger partial charge in [0.05, 0.1) is 10.0 Å². The van der Waals surface area contributed by atoms with Gasteiger partial charge in [0.2, 0.25) is 0 Å². The Bertz CT molecular complexity index is 648. The minimum absolute atomic E-state index is 0.0637. The number of hydrogen-bond acceptors (Lipinski definition) is 2. The van der Waals surface area contributed by atoms with E-state index in [9.17, 15) is 9.90 Å². The van der Waals surface area contributed by atoms with E-state index in [0.29, 0.717) is 15.6 Å². The number of halogens is 2. The zero-order chi connectivity index (χ0) is 13.8. The maximum absolute atomic E-state index is 11.9. The van der Waals surface area contributed by atoms with Gasteiger partial charge in [-0.3, -0.25) is 4.79 Å². The molecule has 0 spiro atoms. The Labute approximate surface area is 120 Å². The predicted molar refractivity (Wildman–Crippen MR) is 77.9 cm³/mol. The fourth-order valence-corrected chi connectivity index (χ4v) is 1.85. The van der Waals surface area contributed by atoms with E-state index >= 15 is 0 Å². The first-order valence-corrected chi connectivity index (χ1v) is 6.28. The molecule has 0 saturated carbocycles. The van der Waals surface area contributed by atoms with Gasteiger partial charge in [-0.2, -0.15) is 0 Å². The van der Waals surface area contributed by atoms with Crippen LogP contribution in [-0.4, -0.2) is 10.9 Å². The first-order chi connectivity index (χ1) is 9.06. The quantitative estimate of drug-likeness (QED) is 0.663. The van der Waals surface area contributed by atoms with Crippen LogP contribution in [0.15, 0.2) is 48.5 Å². The standard InChI is InChI=1S/C15H10Cl2O2/c16-13-6-4-10(8-14(13)17)5-7-15(19)11-2-1-3-12(18)9-11/h1-9,18H/b7-5+. The van der Waals surface area contributed by atoms with Crippen LogP contribution in [-0.2, 0) is 0 Å². The minimum Gasteiger partial charge on any atom is -0.508 e. The van der Waals surface area contributed by atoms with Gasteiger partial charge < -0.3 is 5.11 Å². The lowest BCUT2D eigenvalue weighted by Gasteiger charge is -1.98. The molecule has 0 heterocycles. The van der Waals surface area contributed by atoms with E-state index < -0.39 is 0 Å². The first kappa shape index (κ1) is 13.7. The van der Waals surface area contributed by atoms with Crippen LogP contribution in [0.25, 0.3) is 6.08 Å². The van der Waals surface area contributed by atoms with Gasteiger partial charge in [0, 0.05) is 5.56 Å². The molecule has 0 aliphatic rings. The topological polar surface area (TPSA) is 37.3 Å². The Kier molecular flexibility index (Phi) is 4.25. The molecule has 0 aromatic heterocycles. The van der Waals surface area contributed by atoms with Crippen LogP contribution in [0.1, 0.15) is 15.9 Å². The molecule has 2 rings (SSSR count). The lowest BCUT2D eigenvalue weighted by molar-refractivity contribution is 0.104. The van der Waals surface area contributed by atoms with Crippen LogP contribution >= 0.6 is 23.2 Å². The van der Waals surface area contributed by atoms with E-state index in [2.05, 4.69) is 0 Å². The predicted octanol–water partition coefficient (Wildman–Crippen LogP) is 4.60. The molecule has 2 aromatic rings. The highest BCUT2D eigenvalue weighted by Gasteiger charge is 2.02. The van der Waals surface area contributed by atoms with Crippen LogP contribution in [0, 0.1) is 0 Å². The maximum Gasteiger partial charge on any atom is 0.185 e. The summed E-state index contributed by atoms with van der Waals surface area (Å²) in [6.07, 6.45) is 3.07. The average molecular weight is 293 g/mol. The lowest BCUT2D eigenvalue weighted by atomic mass is 10.1. The van der Waals surface area contributed by atoms with Crippen LogP contribution in [0.3, 0.4) is 0 Å². The number of phenolic OH excluding ortho intramolecular Hbond substituents is 1. The van der Waals surface area contributed by atoms with Crippen molar-refractivity contribution in [3.8, 4) is 5.75 Å². The second-order valence-electron chi connectivity index (χ2n) is 3.92. The zero-order valence-electron chi connectivity index (χ0n) is 9.81. The first-order valence-electron chi connectivity index (χ1n) is 5.53. The van der Waals surface area contributed by atoms with Gasteiger partial charge in [0.15, 0.2) is 5.78 Å². The van der Waals surface area contributed by atoms with Crippen molar-refractivity contribution in [2.75, 3.05) is 0 Å². The van der Waals surface area contributed by atoms with E-state index in [-0.39, 0.29) is 11.5 Å². The maximum atomic E-state index is 11.9. The number of ketones is 1. The van der Waals surface area contributed by atoms with Crippen LogP contribution in [0.4, 0.5) is 0 Å². The van der Waals surface area contributed by atoms with Crippen molar-refractivity contribution in [1.82, 2.24) is 0 Å². The molecule has 0 aliphatic heterocycles. The third-order valence-corrected chi connectivity index (χ3v) is 3.24. The summed E-state index contributed by atoms with van der Waals surface area (Å²) < 4.78 is 0. The molecule has 19 heavy (non-hydrogen) atoms. The summed E-state index contributed by atoms with van der Waals surface area (Å²) in [7, 11) is 0. The summed E-state index contributed by atoms with van der Waals surface area (Å²) in [5, 5.41) is 10.2. The van der Waals surface area contributed by atoms with Crippen molar-refractivity contribution in [3.63, 3.8) is 0 Å². The molecule has 2 aromatic carbocycles. The highest BCUT2D eigenvalue weighted by atomic mass is 35.5. The number of hydrogen-bond donors (Lipinski definition) is 1. The van der Waals surface area contributed by atoms with Crippen molar-refractivity contribution in [1.29, 1.82) is 0 Å². The average Bonchev–Trinajstić information content (AvgIpc) is 2.40. The summed E-state index contributed by atoms with van der Waals surface area (Å²) in [6, 6.07) is 11.3. The van der Waals surface area contributed by atoms with Gasteiger partial charge in [-0.05, 0) is 35.9 Å². The van der Waals surface area contributed by atoms with Crippen LogP contribution in [0.2, 0.25) is 10.0 Å². The number of allylic oxidation sites excluding steroid dienone is 1. The van der Waals surface area contributed by atoms with Gasteiger partial charge in [0.25, 0.3) is 0 Å². The summed E-state index contributed by atoms with van der Waals surface area (Å²) in [4.78, 5) is 11.9. The van der Waals surface area contributed by atoms with Crippen LogP contribution < -0.4 is 0 Å². The molecule has 0 saturated heterocycles. The van der Waals surface area contributed by atoms with Gasteiger partial charge >= 0.3 is 0 Å². The van der Waals surface area contributed by atoms with Gasteiger partial charge in [-0.25, -0.2) is 0 Å². The number of benzene rings is 2. The van der Waals surface area contributed by atoms with E-state index in [1.807, 2.05) is 0 Å². The largest absolute Gasteiger partial charge is 0.508 e. The Morgan fingerprint density at radius 2 is 1.84 bits per heavy atom. The molecular formula is C15H10Cl2O2. The Balaban J connectivity index is 2.18. The third-order valence-electron chi connectivity index (χ3n) is 2.50. The normalized spacial score (nSPS) is 10.8. The zero-order valence-corrected chi connectivity index (χ0v) is 11.3. The summed E-state index contributed by atoms with van der Waals surface area (Å²) in [6.45, 7) is 0. The highest BCUT2D eigenvalue weighted by molar-refractivity contribution is 6.42. The van der Waals surface area contributed by atoms with E-state index in [1.165, 1.54) is 18.2 Å². The molecule has 96 valence electrons. The minimum atomic E-state index is -0.193. The molecule has 0 radical (unpaired) electrons. The second-order valence-corrected chi connectivity index (χ2v) is 4.74. The molecule has 4 heteroatoms. The van der Waals surface area contributed by atoms with Crippen molar-refractivity contribution >= 4 is 35.1 Å². The molecular weight excluding hydrogens is 283 g/mol. The molecule has 0 fully saturated rings. The number of carbonyl (C=O) groups excluding carboxylic acids is 1. The lowest BCUT2D eigenvalue weighted by Crippen LogP contribution is -1.93. The summed E-state index contributed by atoms with van der Waals surface area (Å²) in [5.74, 6) is -0.129. The van der Waals surface area contributed by atoms with E-state index in [1.54, 1.807) is 36.4 Å². The van der Waals surface area contributed by atoms with Crippen LogP contribution in [0.5, 0.6) is 5.75 Å². The fourth-order valence-electron chi connectivity index (χ4n) is 1.54. The summed E-state index contributed by atoms with van der Waals surface area (Å²) >= 11 is 11.7. The van der Waals surface area contributed by atoms with Crippen molar-refractivity contribution < 1.29 is 9.90 Å². The Morgan fingerprint density at radius 1 is 1.05 bits per heavy atom. The fraction of sp³-hybridized carbons (Fsp3) is 0. The molecule has 1 N–H and O–H groups in total. The van der Waals surface area contributed by atoms with Crippen molar-refractivity contribution in [2.45, 2.75) is 0 Å². The second kappa shape index (κ2) is 5.91. The SMILES string of the molecule is O=C(/C=C/c1ccc(Cl)c(Cl)c1)c1cccc(O)c1. The number of rotatable bonds is 3. The number of phenols is 1.